The summed E-state index contributed by atoms with van der Waals surface area (Å²) < 4.78 is 6.25. The number of aliphatic carboxylic acids is 1. The molecule has 4 atom stereocenters. The molecule has 0 radical (unpaired) electrons. The van der Waals surface area contributed by atoms with Crippen LogP contribution in [0.2, 0.25) is 0 Å². The Labute approximate surface area is 167 Å². The van der Waals surface area contributed by atoms with Gasteiger partial charge in [-0.25, -0.2) is 0 Å². The molecular formula is C21H36O3S2. The van der Waals surface area contributed by atoms with Crippen molar-refractivity contribution in [2.45, 2.75) is 82.8 Å². The molecule has 0 spiro atoms. The summed E-state index contributed by atoms with van der Waals surface area (Å²) in [5.41, 5.74) is 0. The summed E-state index contributed by atoms with van der Waals surface area (Å²) in [5, 5.41) is 8.71. The average Bonchev–Trinajstić information content (AvgIpc) is 3.24. The summed E-state index contributed by atoms with van der Waals surface area (Å²) in [6.45, 7) is 0. The van der Waals surface area contributed by atoms with Gasteiger partial charge in [0.15, 0.2) is 0 Å². The molecule has 3 nitrogen and oxygen atoms in total. The third kappa shape index (κ3) is 6.34. The number of hydrogen-bond donors (Lipinski definition) is 1. The maximum absolute atomic E-state index is 10.6. The molecule has 1 saturated carbocycles. The summed E-state index contributed by atoms with van der Waals surface area (Å²) in [4.78, 5) is 10.6. The largest absolute Gasteiger partial charge is 0.481 e. The summed E-state index contributed by atoms with van der Waals surface area (Å²) in [6.07, 6.45) is 14.4. The van der Waals surface area contributed by atoms with E-state index in [9.17, 15) is 4.79 Å². The van der Waals surface area contributed by atoms with Crippen LogP contribution in [0.4, 0.5) is 0 Å². The van der Waals surface area contributed by atoms with Crippen molar-refractivity contribution < 1.29 is 14.6 Å². The highest BCUT2D eigenvalue weighted by Gasteiger charge is 2.47. The SMILES string of the molecule is O=C(O)CCCCSCC1C2CCC(O2)C1CCSCC1CCCCC1. The molecule has 2 aliphatic heterocycles. The van der Waals surface area contributed by atoms with Crippen molar-refractivity contribution >= 4 is 29.5 Å². The number of thioether (sulfide) groups is 2. The summed E-state index contributed by atoms with van der Waals surface area (Å²) >= 11 is 4.22. The van der Waals surface area contributed by atoms with E-state index >= 15 is 0 Å². The van der Waals surface area contributed by atoms with Gasteiger partial charge in [-0.1, -0.05) is 19.3 Å². The molecule has 4 unspecified atom stereocenters. The number of fused-ring (bicyclic) bond motifs is 2. The minimum absolute atomic E-state index is 0.318. The molecule has 0 aromatic rings. The van der Waals surface area contributed by atoms with Crippen molar-refractivity contribution in [1.82, 2.24) is 0 Å². The highest BCUT2D eigenvalue weighted by molar-refractivity contribution is 7.99. The monoisotopic (exact) mass is 400 g/mol. The molecule has 2 heterocycles. The van der Waals surface area contributed by atoms with Gasteiger partial charge in [0.25, 0.3) is 0 Å². The van der Waals surface area contributed by atoms with Crippen LogP contribution in [-0.2, 0) is 9.53 Å². The van der Waals surface area contributed by atoms with Gasteiger partial charge in [-0.2, -0.15) is 23.5 Å². The van der Waals surface area contributed by atoms with E-state index in [2.05, 4.69) is 11.8 Å². The van der Waals surface area contributed by atoms with Crippen LogP contribution in [0.1, 0.15) is 70.6 Å². The lowest BCUT2D eigenvalue weighted by molar-refractivity contribution is -0.137. The second-order valence-corrected chi connectivity index (χ2v) is 10.7. The quantitative estimate of drug-likeness (QED) is 0.440. The predicted octanol–water partition coefficient (Wildman–Crippen LogP) is 5.47. The van der Waals surface area contributed by atoms with Crippen LogP contribution < -0.4 is 0 Å². The van der Waals surface area contributed by atoms with Crippen LogP contribution in [0.3, 0.4) is 0 Å². The van der Waals surface area contributed by atoms with Crippen molar-refractivity contribution in [3.8, 4) is 0 Å². The lowest BCUT2D eigenvalue weighted by Crippen LogP contribution is -2.29. The molecule has 3 fully saturated rings. The number of carboxylic acid groups (broad SMARTS) is 1. The molecular weight excluding hydrogens is 364 g/mol. The Hall–Kier alpha value is 0.130. The molecule has 1 aliphatic carbocycles. The minimum Gasteiger partial charge on any atom is -0.481 e. The van der Waals surface area contributed by atoms with Crippen molar-refractivity contribution in [2.75, 3.05) is 23.0 Å². The fourth-order valence-electron chi connectivity index (χ4n) is 5.02. The topological polar surface area (TPSA) is 46.5 Å². The third-order valence-corrected chi connectivity index (χ3v) is 8.93. The van der Waals surface area contributed by atoms with Crippen molar-refractivity contribution in [3.05, 3.63) is 0 Å². The predicted molar refractivity (Wildman–Crippen MR) is 112 cm³/mol. The number of hydrogen-bond acceptors (Lipinski definition) is 4. The molecule has 0 aromatic carbocycles. The Bertz CT molecular complexity index is 425. The van der Waals surface area contributed by atoms with E-state index in [-0.39, 0.29) is 0 Å². The summed E-state index contributed by atoms with van der Waals surface area (Å²) in [6, 6.07) is 0. The lowest BCUT2D eigenvalue weighted by atomic mass is 9.79. The number of ether oxygens (including phenoxy) is 1. The zero-order chi connectivity index (χ0) is 18.2. The molecule has 0 amide bonds. The van der Waals surface area contributed by atoms with Crippen LogP contribution in [0.5, 0.6) is 0 Å². The third-order valence-electron chi connectivity index (χ3n) is 6.50. The molecule has 26 heavy (non-hydrogen) atoms. The molecule has 3 rings (SSSR count). The smallest absolute Gasteiger partial charge is 0.303 e. The Morgan fingerprint density at radius 1 is 0.885 bits per heavy atom. The lowest BCUT2D eigenvalue weighted by Gasteiger charge is -2.28. The van der Waals surface area contributed by atoms with E-state index in [0.29, 0.717) is 18.6 Å². The molecule has 150 valence electrons. The minimum atomic E-state index is -0.665. The Morgan fingerprint density at radius 3 is 2.38 bits per heavy atom. The van der Waals surface area contributed by atoms with Crippen molar-refractivity contribution in [2.24, 2.45) is 17.8 Å². The van der Waals surface area contributed by atoms with Gasteiger partial charge in [-0.05, 0) is 85.7 Å². The second-order valence-electron chi connectivity index (χ2n) is 8.41. The number of carboxylic acids is 1. The number of rotatable bonds is 12. The maximum Gasteiger partial charge on any atom is 0.303 e. The first-order valence-corrected chi connectivity index (χ1v) is 13.1. The van der Waals surface area contributed by atoms with E-state index in [1.165, 1.54) is 68.6 Å². The van der Waals surface area contributed by atoms with Gasteiger partial charge < -0.3 is 9.84 Å². The summed E-state index contributed by atoms with van der Waals surface area (Å²) in [7, 11) is 0. The van der Waals surface area contributed by atoms with Crippen molar-refractivity contribution in [3.63, 3.8) is 0 Å². The first-order valence-electron chi connectivity index (χ1n) is 10.8. The van der Waals surface area contributed by atoms with Crippen LogP contribution in [0.15, 0.2) is 0 Å². The second kappa shape index (κ2) is 11.2. The van der Waals surface area contributed by atoms with Crippen LogP contribution >= 0.6 is 23.5 Å². The van der Waals surface area contributed by atoms with E-state index in [1.54, 1.807) is 0 Å². The van der Waals surface area contributed by atoms with Gasteiger partial charge in [0.2, 0.25) is 0 Å². The van der Waals surface area contributed by atoms with Gasteiger partial charge in [0.1, 0.15) is 0 Å². The number of carbonyl (C=O) groups is 1. The van der Waals surface area contributed by atoms with Crippen LogP contribution in [0.25, 0.3) is 0 Å². The van der Waals surface area contributed by atoms with Crippen LogP contribution in [0, 0.1) is 17.8 Å². The zero-order valence-corrected chi connectivity index (χ0v) is 17.7. The Kier molecular flexibility index (Phi) is 8.99. The molecule has 0 aromatic heterocycles. The normalized spacial score (nSPS) is 31.5. The average molecular weight is 401 g/mol. The highest BCUT2D eigenvalue weighted by atomic mass is 32.2. The summed E-state index contributed by atoms with van der Waals surface area (Å²) in [5.74, 6) is 6.85. The molecule has 2 saturated heterocycles. The van der Waals surface area contributed by atoms with Gasteiger partial charge in [-0.3, -0.25) is 4.79 Å². The molecule has 5 heteroatoms. The first kappa shape index (κ1) is 20.9. The van der Waals surface area contributed by atoms with Gasteiger partial charge >= 0.3 is 5.97 Å². The molecule has 3 aliphatic rings. The van der Waals surface area contributed by atoms with E-state index in [4.69, 9.17) is 9.84 Å². The Morgan fingerprint density at radius 2 is 1.62 bits per heavy atom. The fourth-order valence-corrected chi connectivity index (χ4v) is 7.61. The van der Waals surface area contributed by atoms with E-state index < -0.39 is 5.97 Å². The standard InChI is InChI=1S/C21H36O3S2/c22-21(23)8-4-5-12-25-15-18-17(19-9-10-20(18)24-19)11-13-26-14-16-6-2-1-3-7-16/h16-20H,1-15H2,(H,22,23). The maximum atomic E-state index is 10.6. The zero-order valence-electron chi connectivity index (χ0n) is 16.1. The Balaban J connectivity index is 1.30. The van der Waals surface area contributed by atoms with Crippen LogP contribution in [-0.4, -0.2) is 46.3 Å². The number of unbranched alkanes of at least 4 members (excludes halogenated alkanes) is 1. The van der Waals surface area contributed by atoms with Crippen molar-refractivity contribution in [1.29, 1.82) is 0 Å². The van der Waals surface area contributed by atoms with E-state index in [0.717, 1.165) is 36.3 Å². The van der Waals surface area contributed by atoms with Gasteiger partial charge in [0.05, 0.1) is 12.2 Å². The molecule has 2 bridgehead atoms. The molecule has 1 N–H and O–H groups in total. The first-order chi connectivity index (χ1) is 12.7. The van der Waals surface area contributed by atoms with E-state index in [1.807, 2.05) is 11.8 Å². The fraction of sp³-hybridized carbons (Fsp3) is 0.952. The van der Waals surface area contributed by atoms with Gasteiger partial charge in [0, 0.05) is 6.42 Å². The highest BCUT2D eigenvalue weighted by Crippen LogP contribution is 2.46. The van der Waals surface area contributed by atoms with Gasteiger partial charge in [-0.15, -0.1) is 0 Å².